The Bertz CT molecular complexity index is 168. The largest absolute Gasteiger partial charge is 0.365 e. The zero-order valence-corrected chi connectivity index (χ0v) is 12.4. The van der Waals surface area contributed by atoms with E-state index in [9.17, 15) is 0 Å². The van der Waals surface area contributed by atoms with E-state index in [1.165, 1.54) is 38.5 Å². The molecule has 0 saturated carbocycles. The maximum atomic E-state index is 2.34. The van der Waals surface area contributed by atoms with Gasteiger partial charge in [0.15, 0.2) is 0 Å². The average molecular weight is 246 g/mol. The first-order chi connectivity index (χ1) is 8.80. The van der Waals surface area contributed by atoms with Crippen LogP contribution in [0.3, 0.4) is 0 Å². The van der Waals surface area contributed by atoms with Gasteiger partial charge in [-0.05, 0) is 38.9 Å². The molecule has 0 N–H and O–H groups in total. The van der Waals surface area contributed by atoms with Crippen LogP contribution in [-0.4, -0.2) is 56.4 Å². The third-order valence-corrected chi connectivity index (χ3v) is 3.20. The van der Waals surface area contributed by atoms with E-state index in [2.05, 4.69) is 57.6 Å². The maximum absolute atomic E-state index is 2.34. The zero-order chi connectivity index (χ0) is 13.2. The lowest BCUT2D eigenvalue weighted by molar-refractivity contribution is 0.456. The van der Waals surface area contributed by atoms with Crippen LogP contribution in [0.2, 0.25) is 0 Å². The van der Waals surface area contributed by atoms with E-state index in [-0.39, 0.29) is 0 Å². The quantitative estimate of drug-likeness (QED) is 0.575. The summed E-state index contributed by atoms with van der Waals surface area (Å²) in [4.78, 5) is 0. The van der Waals surface area contributed by atoms with Gasteiger partial charge in [0.1, 0.15) is 0 Å². The molecule has 0 aliphatic carbocycles. The molecule has 0 spiro atoms. The van der Waals surface area contributed by atoms with E-state index in [1.54, 1.807) is 0 Å². The molecule has 3 radical (unpaired) electrons. The summed E-state index contributed by atoms with van der Waals surface area (Å²) in [7, 11) is 6.77. The van der Waals surface area contributed by atoms with Gasteiger partial charge in [-0.25, -0.2) is 0 Å². The number of hydrogen-bond donors (Lipinski definition) is 0. The Morgan fingerprint density at radius 1 is 0.556 bits per heavy atom. The molecule has 3 nitrogen and oxygen atoms in total. The smallest absolute Gasteiger partial charge is 0.290 e. The summed E-state index contributed by atoms with van der Waals surface area (Å²) < 4.78 is 7.03. The minimum atomic E-state index is 1.13. The van der Waals surface area contributed by atoms with Crippen LogP contribution < -0.4 is 0 Å². The average Bonchev–Trinajstić information content (AvgIpc) is 2.40. The lowest BCUT2D eigenvalue weighted by atomic mass is 9.73. The van der Waals surface area contributed by atoms with Crippen LogP contribution in [0.25, 0.3) is 0 Å². The summed E-state index contributed by atoms with van der Waals surface area (Å²) in [5.74, 6) is 0. The molecule has 1 rings (SSSR count). The molecular formula is C12H27B3N3. The van der Waals surface area contributed by atoms with Crippen LogP contribution in [0.1, 0.15) is 59.3 Å². The van der Waals surface area contributed by atoms with Gasteiger partial charge in [-0.1, -0.05) is 40.0 Å². The second-order valence-electron chi connectivity index (χ2n) is 5.12. The molecule has 6 heteroatoms. The minimum absolute atomic E-state index is 1.13. The second kappa shape index (κ2) is 9.93. The van der Waals surface area contributed by atoms with E-state index in [0.29, 0.717) is 0 Å². The number of hydrogen-bond acceptors (Lipinski definition) is 3. The van der Waals surface area contributed by atoms with Crippen LogP contribution in [0, 0.1) is 0 Å². The zero-order valence-electron chi connectivity index (χ0n) is 12.4. The van der Waals surface area contributed by atoms with Gasteiger partial charge in [0.05, 0.1) is 0 Å². The molecule has 1 saturated heterocycles. The first-order valence-corrected chi connectivity index (χ1v) is 7.62. The maximum Gasteiger partial charge on any atom is 0.290 e. The molecule has 0 aromatic rings. The monoisotopic (exact) mass is 246 g/mol. The molecule has 1 fully saturated rings. The van der Waals surface area contributed by atoms with Gasteiger partial charge in [-0.3, -0.25) is 0 Å². The minimum Gasteiger partial charge on any atom is -0.365 e. The summed E-state index contributed by atoms with van der Waals surface area (Å²) in [5.41, 5.74) is 0. The first-order valence-electron chi connectivity index (χ1n) is 7.62. The molecule has 1 heterocycles. The van der Waals surface area contributed by atoms with Gasteiger partial charge in [0.2, 0.25) is 0 Å². The summed E-state index contributed by atoms with van der Waals surface area (Å²) in [6.45, 7) is 10.2. The van der Waals surface area contributed by atoms with Crippen molar-refractivity contribution >= 4 is 22.6 Å². The Balaban J connectivity index is 2.38. The molecule has 0 unspecified atom stereocenters. The SMILES string of the molecule is CCCCN1[B]N(CCCC)[B]N(CCCC)[B]1. The van der Waals surface area contributed by atoms with Crippen molar-refractivity contribution in [3.8, 4) is 0 Å². The fraction of sp³-hybridized carbons (Fsp3) is 1.00. The molecule has 1 aliphatic heterocycles. The predicted octanol–water partition coefficient (Wildman–Crippen LogP) is 1.91. The molecule has 0 bridgehead atoms. The van der Waals surface area contributed by atoms with Gasteiger partial charge in [0, 0.05) is 0 Å². The van der Waals surface area contributed by atoms with Crippen LogP contribution in [-0.2, 0) is 0 Å². The van der Waals surface area contributed by atoms with Crippen molar-refractivity contribution in [2.45, 2.75) is 59.3 Å². The summed E-state index contributed by atoms with van der Waals surface area (Å²) >= 11 is 0. The number of nitrogens with zero attached hydrogens (tertiary/aromatic N) is 3. The first kappa shape index (κ1) is 16.1. The van der Waals surface area contributed by atoms with Gasteiger partial charge in [0.25, 0.3) is 22.6 Å². The molecule has 0 atom stereocenters. The van der Waals surface area contributed by atoms with Crippen molar-refractivity contribution in [3.63, 3.8) is 0 Å². The summed E-state index contributed by atoms with van der Waals surface area (Å²) in [5, 5.41) is 0. The number of rotatable bonds is 9. The van der Waals surface area contributed by atoms with E-state index in [1.807, 2.05) is 0 Å². The lowest BCUT2D eigenvalue weighted by Crippen LogP contribution is -2.61. The Kier molecular flexibility index (Phi) is 8.90. The third kappa shape index (κ3) is 6.30. The molecule has 18 heavy (non-hydrogen) atoms. The fourth-order valence-corrected chi connectivity index (χ4v) is 2.03. The van der Waals surface area contributed by atoms with Crippen LogP contribution >= 0.6 is 0 Å². The van der Waals surface area contributed by atoms with Crippen LogP contribution in [0.5, 0.6) is 0 Å². The Morgan fingerprint density at radius 2 is 0.833 bits per heavy atom. The fourth-order valence-electron chi connectivity index (χ4n) is 2.03. The Morgan fingerprint density at radius 3 is 1.06 bits per heavy atom. The summed E-state index contributed by atoms with van der Waals surface area (Å²) in [6.07, 6.45) is 7.55. The normalized spacial score (nSPS) is 18.2. The molecule has 0 amide bonds. The molecule has 0 aromatic carbocycles. The van der Waals surface area contributed by atoms with Crippen LogP contribution in [0.4, 0.5) is 0 Å². The van der Waals surface area contributed by atoms with Crippen molar-refractivity contribution in [2.24, 2.45) is 0 Å². The second-order valence-corrected chi connectivity index (χ2v) is 5.12. The Hall–Kier alpha value is 0.0748. The van der Waals surface area contributed by atoms with E-state index in [4.69, 9.17) is 0 Å². The van der Waals surface area contributed by atoms with Gasteiger partial charge in [-0.2, -0.15) is 0 Å². The number of unbranched alkanes of at least 4 members (excludes halogenated alkanes) is 3. The molecule has 0 aromatic heterocycles. The van der Waals surface area contributed by atoms with Gasteiger partial charge >= 0.3 is 0 Å². The van der Waals surface area contributed by atoms with Gasteiger partial charge in [-0.15, -0.1) is 0 Å². The van der Waals surface area contributed by atoms with E-state index >= 15 is 0 Å². The van der Waals surface area contributed by atoms with E-state index < -0.39 is 0 Å². The van der Waals surface area contributed by atoms with Crippen molar-refractivity contribution in [1.29, 1.82) is 0 Å². The molecular weight excluding hydrogens is 219 g/mol. The third-order valence-electron chi connectivity index (χ3n) is 3.20. The van der Waals surface area contributed by atoms with E-state index in [0.717, 1.165) is 19.6 Å². The predicted molar refractivity (Wildman–Crippen MR) is 82.1 cm³/mol. The molecule has 99 valence electrons. The highest BCUT2D eigenvalue weighted by Gasteiger charge is 2.26. The topological polar surface area (TPSA) is 9.72 Å². The van der Waals surface area contributed by atoms with Crippen molar-refractivity contribution in [2.75, 3.05) is 19.6 Å². The van der Waals surface area contributed by atoms with Crippen molar-refractivity contribution in [3.05, 3.63) is 0 Å². The van der Waals surface area contributed by atoms with Crippen LogP contribution in [0.15, 0.2) is 0 Å². The van der Waals surface area contributed by atoms with Crippen molar-refractivity contribution in [1.82, 2.24) is 14.2 Å². The highest BCUT2D eigenvalue weighted by Crippen LogP contribution is 2.06. The molecule has 1 aliphatic rings. The standard InChI is InChI=1S/C12H27B3N3/c1-4-7-10-16-13-17(11-8-5-2)15-18(14-16)12-9-6-3/h4-12H2,1-3H3. The highest BCUT2D eigenvalue weighted by molar-refractivity contribution is 6.64. The summed E-state index contributed by atoms with van der Waals surface area (Å²) in [6, 6.07) is 0. The van der Waals surface area contributed by atoms with Gasteiger partial charge < -0.3 is 14.2 Å². The Labute approximate surface area is 116 Å². The lowest BCUT2D eigenvalue weighted by Gasteiger charge is -2.40. The highest BCUT2D eigenvalue weighted by atomic mass is 15.3. The van der Waals surface area contributed by atoms with Crippen molar-refractivity contribution < 1.29 is 0 Å².